The summed E-state index contributed by atoms with van der Waals surface area (Å²) in [6, 6.07) is 15.0. The lowest BCUT2D eigenvalue weighted by atomic mass is 10.3. The van der Waals surface area contributed by atoms with Gasteiger partial charge in [0, 0.05) is 4.47 Å². The Morgan fingerprint density at radius 2 is 2.12 bits per heavy atom. The Morgan fingerprint density at radius 3 is 2.96 bits per heavy atom. The van der Waals surface area contributed by atoms with Crippen LogP contribution in [-0.4, -0.2) is 33.2 Å². The first-order chi connectivity index (χ1) is 12.1. The van der Waals surface area contributed by atoms with E-state index >= 15 is 0 Å². The molecule has 0 aliphatic heterocycles. The quantitative estimate of drug-likeness (QED) is 0.508. The molecule has 0 aliphatic carbocycles. The number of fused-ring (bicyclic) bond motifs is 1. The van der Waals surface area contributed by atoms with E-state index in [9.17, 15) is 4.79 Å². The monoisotopic (exact) mass is 401 g/mol. The molecule has 3 rings (SSSR count). The topological polar surface area (TPSA) is 81.4 Å². The van der Waals surface area contributed by atoms with Gasteiger partial charge < -0.3 is 4.74 Å². The van der Waals surface area contributed by atoms with Gasteiger partial charge in [0.05, 0.1) is 17.8 Å². The van der Waals surface area contributed by atoms with Crippen LogP contribution in [0.2, 0.25) is 0 Å². The highest BCUT2D eigenvalue weighted by Gasteiger charge is 2.06. The Labute approximate surface area is 152 Å². The lowest BCUT2D eigenvalue weighted by Crippen LogP contribution is -2.26. The largest absolute Gasteiger partial charge is 0.484 e. The minimum Gasteiger partial charge on any atom is -0.484 e. The summed E-state index contributed by atoms with van der Waals surface area (Å²) < 4.78 is 8.03. The van der Waals surface area contributed by atoms with Crippen LogP contribution in [0.5, 0.6) is 5.75 Å². The molecule has 0 saturated carbocycles. The molecule has 0 spiro atoms. The number of carbonyl (C=O) groups is 1. The number of para-hydroxylation sites is 1. The number of hydrogen-bond acceptors (Lipinski definition) is 5. The van der Waals surface area contributed by atoms with Crippen molar-refractivity contribution in [3.8, 4) is 5.75 Å². The van der Waals surface area contributed by atoms with Crippen molar-refractivity contribution in [2.45, 2.75) is 13.5 Å². The maximum absolute atomic E-state index is 11.8. The average Bonchev–Trinajstić information content (AvgIpc) is 3.01. The van der Waals surface area contributed by atoms with Gasteiger partial charge in [-0.05, 0) is 37.3 Å². The van der Waals surface area contributed by atoms with E-state index in [1.165, 1.54) is 0 Å². The maximum atomic E-state index is 11.8. The number of aromatic nitrogens is 3. The second-order valence-electron chi connectivity index (χ2n) is 5.36. The number of halogens is 1. The maximum Gasteiger partial charge on any atom is 0.277 e. The first-order valence-electron chi connectivity index (χ1n) is 7.60. The SMILES string of the molecule is CC(Cn1nnc2ccccc21)=NNC(=O)COc1cccc(Br)c1. The second-order valence-corrected chi connectivity index (χ2v) is 6.28. The van der Waals surface area contributed by atoms with Gasteiger partial charge in [-0.15, -0.1) is 5.10 Å². The number of ether oxygens (including phenoxy) is 1. The molecule has 0 aliphatic rings. The van der Waals surface area contributed by atoms with Gasteiger partial charge in [-0.1, -0.05) is 39.3 Å². The van der Waals surface area contributed by atoms with E-state index in [1.807, 2.05) is 43.3 Å². The lowest BCUT2D eigenvalue weighted by molar-refractivity contribution is -0.123. The van der Waals surface area contributed by atoms with E-state index in [2.05, 4.69) is 36.8 Å². The predicted molar refractivity (Wildman–Crippen MR) is 98.4 cm³/mol. The number of hydrogen-bond donors (Lipinski definition) is 1. The number of rotatable bonds is 6. The highest BCUT2D eigenvalue weighted by atomic mass is 79.9. The molecule has 128 valence electrons. The smallest absolute Gasteiger partial charge is 0.277 e. The first-order valence-corrected chi connectivity index (χ1v) is 8.40. The van der Waals surface area contributed by atoms with Gasteiger partial charge in [-0.2, -0.15) is 5.10 Å². The normalized spacial score (nSPS) is 11.5. The Hall–Kier alpha value is -2.74. The van der Waals surface area contributed by atoms with Crippen molar-refractivity contribution in [3.05, 3.63) is 53.0 Å². The van der Waals surface area contributed by atoms with Crippen LogP contribution >= 0.6 is 15.9 Å². The fourth-order valence-corrected chi connectivity index (χ4v) is 2.56. The van der Waals surface area contributed by atoms with Gasteiger partial charge in [-0.3, -0.25) is 4.79 Å². The van der Waals surface area contributed by atoms with E-state index in [4.69, 9.17) is 4.74 Å². The molecule has 0 radical (unpaired) electrons. The summed E-state index contributed by atoms with van der Waals surface area (Å²) in [7, 11) is 0. The third-order valence-electron chi connectivity index (χ3n) is 3.34. The Morgan fingerprint density at radius 1 is 1.28 bits per heavy atom. The van der Waals surface area contributed by atoms with Crippen molar-refractivity contribution in [1.82, 2.24) is 20.4 Å². The van der Waals surface area contributed by atoms with E-state index in [0.29, 0.717) is 18.0 Å². The van der Waals surface area contributed by atoms with Crippen LogP contribution in [0.4, 0.5) is 0 Å². The molecule has 2 aromatic carbocycles. The van der Waals surface area contributed by atoms with Crippen molar-refractivity contribution >= 4 is 38.6 Å². The number of carbonyl (C=O) groups excluding carboxylic acids is 1. The molecule has 0 atom stereocenters. The molecule has 1 amide bonds. The van der Waals surface area contributed by atoms with Gasteiger partial charge >= 0.3 is 0 Å². The molecular weight excluding hydrogens is 386 g/mol. The summed E-state index contributed by atoms with van der Waals surface area (Å²) in [4.78, 5) is 11.8. The fraction of sp³-hybridized carbons (Fsp3) is 0.176. The number of benzene rings is 2. The van der Waals surface area contributed by atoms with Crippen LogP contribution in [0.3, 0.4) is 0 Å². The van der Waals surface area contributed by atoms with Gasteiger partial charge in [0.15, 0.2) is 6.61 Å². The number of nitrogens with one attached hydrogen (secondary N) is 1. The standard InChI is InChI=1S/C17H16BrN5O2/c1-12(10-23-16-8-3-2-7-15(16)20-22-23)19-21-17(24)11-25-14-6-4-5-13(18)9-14/h2-9H,10-11H2,1H3,(H,21,24). The summed E-state index contributed by atoms with van der Waals surface area (Å²) in [5, 5.41) is 12.2. The molecule has 0 unspecified atom stereocenters. The lowest BCUT2D eigenvalue weighted by Gasteiger charge is -2.06. The molecule has 0 saturated heterocycles. The van der Waals surface area contributed by atoms with Crippen molar-refractivity contribution in [2.24, 2.45) is 5.10 Å². The van der Waals surface area contributed by atoms with Crippen LogP contribution < -0.4 is 10.2 Å². The second kappa shape index (κ2) is 7.89. The Kier molecular flexibility index (Phi) is 5.39. The van der Waals surface area contributed by atoms with Crippen LogP contribution in [-0.2, 0) is 11.3 Å². The molecular formula is C17H16BrN5O2. The summed E-state index contributed by atoms with van der Waals surface area (Å²) in [6.45, 7) is 2.14. The third kappa shape index (κ3) is 4.63. The number of amides is 1. The minimum atomic E-state index is -0.331. The van der Waals surface area contributed by atoms with Gasteiger partial charge in [0.1, 0.15) is 11.3 Å². The summed E-state index contributed by atoms with van der Waals surface area (Å²) in [5.41, 5.74) is 4.92. The number of nitrogens with zero attached hydrogens (tertiary/aromatic N) is 4. The molecule has 1 heterocycles. The summed E-state index contributed by atoms with van der Waals surface area (Å²) >= 11 is 3.35. The van der Waals surface area contributed by atoms with Crippen molar-refractivity contribution in [1.29, 1.82) is 0 Å². The molecule has 0 bridgehead atoms. The molecule has 0 fully saturated rings. The molecule has 25 heavy (non-hydrogen) atoms. The summed E-state index contributed by atoms with van der Waals surface area (Å²) in [6.07, 6.45) is 0. The zero-order chi connectivity index (χ0) is 17.6. The van der Waals surface area contributed by atoms with Crippen molar-refractivity contribution < 1.29 is 9.53 Å². The molecule has 1 N–H and O–H groups in total. The van der Waals surface area contributed by atoms with E-state index in [-0.39, 0.29) is 12.5 Å². The zero-order valence-corrected chi connectivity index (χ0v) is 15.1. The highest BCUT2D eigenvalue weighted by molar-refractivity contribution is 9.10. The van der Waals surface area contributed by atoms with Crippen molar-refractivity contribution in [2.75, 3.05) is 6.61 Å². The first kappa shape index (κ1) is 17.1. The molecule has 1 aromatic heterocycles. The van der Waals surface area contributed by atoms with Gasteiger partial charge in [0.25, 0.3) is 5.91 Å². The van der Waals surface area contributed by atoms with Crippen LogP contribution in [0, 0.1) is 0 Å². The third-order valence-corrected chi connectivity index (χ3v) is 3.83. The van der Waals surface area contributed by atoms with E-state index in [0.717, 1.165) is 15.5 Å². The highest BCUT2D eigenvalue weighted by Crippen LogP contribution is 2.17. The Balaban J connectivity index is 1.53. The van der Waals surface area contributed by atoms with E-state index < -0.39 is 0 Å². The van der Waals surface area contributed by atoms with Crippen LogP contribution in [0.1, 0.15) is 6.92 Å². The minimum absolute atomic E-state index is 0.112. The van der Waals surface area contributed by atoms with Crippen LogP contribution in [0.15, 0.2) is 58.1 Å². The zero-order valence-electron chi connectivity index (χ0n) is 13.5. The Bertz CT molecular complexity index is 922. The van der Waals surface area contributed by atoms with E-state index in [1.54, 1.807) is 16.8 Å². The predicted octanol–water partition coefficient (Wildman–Crippen LogP) is 2.76. The van der Waals surface area contributed by atoms with Gasteiger partial charge in [0.2, 0.25) is 0 Å². The summed E-state index contributed by atoms with van der Waals surface area (Å²) in [5.74, 6) is 0.280. The molecule has 8 heteroatoms. The van der Waals surface area contributed by atoms with Gasteiger partial charge in [-0.25, -0.2) is 10.1 Å². The fourth-order valence-electron chi connectivity index (χ4n) is 2.18. The van der Waals surface area contributed by atoms with Crippen LogP contribution in [0.25, 0.3) is 11.0 Å². The molecule has 3 aromatic rings. The average molecular weight is 402 g/mol. The van der Waals surface area contributed by atoms with Crippen molar-refractivity contribution in [3.63, 3.8) is 0 Å². The molecule has 7 nitrogen and oxygen atoms in total. The number of hydrazone groups is 1.